The van der Waals surface area contributed by atoms with E-state index in [-0.39, 0.29) is 11.4 Å². The van der Waals surface area contributed by atoms with Crippen molar-refractivity contribution in [3.63, 3.8) is 0 Å². The fourth-order valence-electron chi connectivity index (χ4n) is 3.92. The third-order valence-corrected chi connectivity index (χ3v) is 5.07. The first-order valence-corrected chi connectivity index (χ1v) is 7.88. The molecule has 2 N–H and O–H groups in total. The van der Waals surface area contributed by atoms with Gasteiger partial charge in [-0.15, -0.1) is 0 Å². The van der Waals surface area contributed by atoms with Crippen molar-refractivity contribution in [2.75, 3.05) is 18.8 Å². The van der Waals surface area contributed by atoms with E-state index in [1.165, 1.54) is 32.1 Å². The van der Waals surface area contributed by atoms with Crippen molar-refractivity contribution in [3.05, 3.63) is 33.9 Å². The van der Waals surface area contributed by atoms with Crippen LogP contribution in [0.1, 0.15) is 37.7 Å². The van der Waals surface area contributed by atoms with Crippen LogP contribution in [0.4, 0.5) is 11.4 Å². The van der Waals surface area contributed by atoms with Gasteiger partial charge in [-0.1, -0.05) is 25.3 Å². The van der Waals surface area contributed by atoms with Crippen LogP contribution >= 0.6 is 0 Å². The van der Waals surface area contributed by atoms with E-state index < -0.39 is 4.92 Å². The summed E-state index contributed by atoms with van der Waals surface area (Å²) < 4.78 is 0. The van der Waals surface area contributed by atoms with Crippen molar-refractivity contribution in [2.24, 2.45) is 11.8 Å². The van der Waals surface area contributed by atoms with Crippen LogP contribution in [0.25, 0.3) is 0 Å². The fraction of sp³-hybridized carbons (Fsp3) is 0.625. The van der Waals surface area contributed by atoms with Crippen molar-refractivity contribution in [3.8, 4) is 0 Å². The molecule has 5 heteroatoms. The second-order valence-electron chi connectivity index (χ2n) is 6.48. The average Bonchev–Trinajstić information content (AvgIpc) is 2.49. The van der Waals surface area contributed by atoms with Gasteiger partial charge in [0.25, 0.3) is 5.69 Å². The highest BCUT2D eigenvalue weighted by atomic mass is 16.6. The number of nitrogens with two attached hydrogens (primary N) is 1. The monoisotopic (exact) mass is 289 g/mol. The second-order valence-corrected chi connectivity index (χ2v) is 6.48. The number of anilines is 1. The van der Waals surface area contributed by atoms with E-state index in [1.807, 2.05) is 6.07 Å². The molecule has 1 saturated heterocycles. The zero-order valence-corrected chi connectivity index (χ0v) is 12.3. The second kappa shape index (κ2) is 6.02. The number of piperidine rings is 1. The summed E-state index contributed by atoms with van der Waals surface area (Å²) in [6.45, 7) is 3.05. The molecule has 0 radical (unpaired) electrons. The number of hydrogen-bond acceptors (Lipinski definition) is 4. The van der Waals surface area contributed by atoms with Gasteiger partial charge in [0.15, 0.2) is 0 Å². The van der Waals surface area contributed by atoms with Gasteiger partial charge in [0.2, 0.25) is 0 Å². The lowest BCUT2D eigenvalue weighted by Gasteiger charge is -2.41. The summed E-state index contributed by atoms with van der Waals surface area (Å²) >= 11 is 0. The van der Waals surface area contributed by atoms with Crippen molar-refractivity contribution in [1.82, 2.24) is 4.90 Å². The Balaban J connectivity index is 1.66. The van der Waals surface area contributed by atoms with Crippen molar-refractivity contribution >= 4 is 11.4 Å². The molecule has 0 spiro atoms. The zero-order chi connectivity index (χ0) is 14.8. The van der Waals surface area contributed by atoms with Gasteiger partial charge in [-0.3, -0.25) is 15.0 Å². The van der Waals surface area contributed by atoms with Crippen LogP contribution in [0.15, 0.2) is 18.2 Å². The van der Waals surface area contributed by atoms with Gasteiger partial charge in [0.05, 0.1) is 4.92 Å². The molecule has 114 valence electrons. The highest BCUT2D eigenvalue weighted by molar-refractivity contribution is 5.59. The van der Waals surface area contributed by atoms with E-state index in [4.69, 9.17) is 5.73 Å². The first-order chi connectivity index (χ1) is 10.1. The number of rotatable bonds is 3. The van der Waals surface area contributed by atoms with Crippen molar-refractivity contribution < 1.29 is 4.92 Å². The van der Waals surface area contributed by atoms with Crippen molar-refractivity contribution in [2.45, 2.75) is 38.6 Å². The number of nitrogen functional groups attached to an aromatic ring is 1. The van der Waals surface area contributed by atoms with E-state index in [1.54, 1.807) is 12.1 Å². The minimum Gasteiger partial charge on any atom is -0.393 e. The Morgan fingerprint density at radius 3 is 2.76 bits per heavy atom. The number of likely N-dealkylation sites (tertiary alicyclic amines) is 1. The molecule has 21 heavy (non-hydrogen) atoms. The molecule has 1 aliphatic heterocycles. The quantitative estimate of drug-likeness (QED) is 0.527. The predicted molar refractivity (Wildman–Crippen MR) is 82.9 cm³/mol. The van der Waals surface area contributed by atoms with Gasteiger partial charge < -0.3 is 5.73 Å². The molecule has 0 aromatic heterocycles. The maximum Gasteiger partial charge on any atom is 0.292 e. The number of nitrogens with zero attached hydrogens (tertiary/aromatic N) is 2. The summed E-state index contributed by atoms with van der Waals surface area (Å²) in [5.41, 5.74) is 6.92. The lowest BCUT2D eigenvalue weighted by atomic mass is 9.75. The van der Waals surface area contributed by atoms with Crippen LogP contribution < -0.4 is 5.73 Å². The Hall–Kier alpha value is -1.62. The van der Waals surface area contributed by atoms with Crippen LogP contribution in [0, 0.1) is 22.0 Å². The molecule has 2 unspecified atom stereocenters. The standard InChI is InChI=1S/C16H23N3O2/c17-15-6-5-12(9-16(15)19(20)21)10-18-8-7-13-3-1-2-4-14(13)11-18/h5-6,9,13-14H,1-4,7-8,10-11,17H2. The number of nitro benzene ring substituents is 1. The summed E-state index contributed by atoms with van der Waals surface area (Å²) in [4.78, 5) is 13.0. The van der Waals surface area contributed by atoms with Crippen LogP contribution in [0.3, 0.4) is 0 Å². The van der Waals surface area contributed by atoms with E-state index in [9.17, 15) is 10.1 Å². The van der Waals surface area contributed by atoms with Gasteiger partial charge in [-0.2, -0.15) is 0 Å². The Kier molecular flexibility index (Phi) is 4.10. The Labute approximate surface area is 125 Å². The van der Waals surface area contributed by atoms with Gasteiger partial charge in [-0.05, 0) is 42.9 Å². The van der Waals surface area contributed by atoms with Gasteiger partial charge in [-0.25, -0.2) is 0 Å². The minimum atomic E-state index is -0.397. The first kappa shape index (κ1) is 14.3. The van der Waals surface area contributed by atoms with Crippen LogP contribution in [-0.4, -0.2) is 22.9 Å². The molecule has 1 heterocycles. The molecule has 1 aromatic carbocycles. The van der Waals surface area contributed by atoms with Gasteiger partial charge in [0, 0.05) is 19.2 Å². The summed E-state index contributed by atoms with van der Waals surface area (Å²) in [7, 11) is 0. The Bertz CT molecular complexity index is 532. The highest BCUT2D eigenvalue weighted by Crippen LogP contribution is 2.36. The molecule has 3 rings (SSSR count). The molecule has 2 aliphatic rings. The maximum atomic E-state index is 11.0. The molecular formula is C16H23N3O2. The topological polar surface area (TPSA) is 72.4 Å². The first-order valence-electron chi connectivity index (χ1n) is 7.88. The number of hydrogen-bond donors (Lipinski definition) is 1. The number of fused-ring (bicyclic) bond motifs is 1. The minimum absolute atomic E-state index is 0.0278. The normalized spacial score (nSPS) is 26.3. The SMILES string of the molecule is Nc1ccc(CN2CCC3CCCCC3C2)cc1[N+](=O)[O-]. The Morgan fingerprint density at radius 1 is 1.24 bits per heavy atom. The van der Waals surface area contributed by atoms with Crippen molar-refractivity contribution in [1.29, 1.82) is 0 Å². The van der Waals surface area contributed by atoms with Crippen LogP contribution in [-0.2, 0) is 6.54 Å². The number of benzene rings is 1. The van der Waals surface area contributed by atoms with Crippen LogP contribution in [0.2, 0.25) is 0 Å². The van der Waals surface area contributed by atoms with Gasteiger partial charge in [0.1, 0.15) is 5.69 Å². The fourth-order valence-corrected chi connectivity index (χ4v) is 3.92. The molecule has 5 nitrogen and oxygen atoms in total. The predicted octanol–water partition coefficient (Wildman–Crippen LogP) is 3.19. The third kappa shape index (κ3) is 3.18. The molecule has 1 saturated carbocycles. The highest BCUT2D eigenvalue weighted by Gasteiger charge is 2.31. The van der Waals surface area contributed by atoms with E-state index in [0.29, 0.717) is 0 Å². The van der Waals surface area contributed by atoms with E-state index >= 15 is 0 Å². The summed E-state index contributed by atoms with van der Waals surface area (Å²) in [5.74, 6) is 1.74. The number of nitro groups is 1. The third-order valence-electron chi connectivity index (χ3n) is 5.07. The molecule has 0 amide bonds. The molecule has 1 aromatic rings. The summed E-state index contributed by atoms with van der Waals surface area (Å²) in [5, 5.41) is 11.0. The lowest BCUT2D eigenvalue weighted by molar-refractivity contribution is -0.384. The average molecular weight is 289 g/mol. The molecule has 2 fully saturated rings. The summed E-state index contributed by atoms with van der Waals surface area (Å²) in [6, 6.07) is 5.19. The van der Waals surface area contributed by atoms with E-state index in [2.05, 4.69) is 4.90 Å². The smallest absolute Gasteiger partial charge is 0.292 e. The Morgan fingerprint density at radius 2 is 2.00 bits per heavy atom. The van der Waals surface area contributed by atoms with Gasteiger partial charge >= 0.3 is 0 Å². The van der Waals surface area contributed by atoms with E-state index in [0.717, 1.165) is 37.0 Å². The largest absolute Gasteiger partial charge is 0.393 e. The zero-order valence-electron chi connectivity index (χ0n) is 12.3. The maximum absolute atomic E-state index is 11.0. The molecule has 0 bridgehead atoms. The van der Waals surface area contributed by atoms with Crippen LogP contribution in [0.5, 0.6) is 0 Å². The molecule has 1 aliphatic carbocycles. The summed E-state index contributed by atoms with van der Waals surface area (Å²) in [6.07, 6.45) is 6.78. The lowest BCUT2D eigenvalue weighted by Crippen LogP contribution is -2.41. The molecule has 2 atom stereocenters. The molecular weight excluding hydrogens is 266 g/mol.